The topological polar surface area (TPSA) is 66.9 Å². The Morgan fingerprint density at radius 3 is 2.60 bits per heavy atom. The molecule has 2 rings (SSSR count). The van der Waals surface area contributed by atoms with Gasteiger partial charge in [0.2, 0.25) is 15.9 Å². The summed E-state index contributed by atoms with van der Waals surface area (Å²) in [4.78, 5) is 13.6. The Bertz CT molecular complexity index is 615. The molecule has 0 bridgehead atoms. The first-order valence-corrected chi connectivity index (χ1v) is 8.15. The van der Waals surface area contributed by atoms with Gasteiger partial charge in [0.1, 0.15) is 0 Å². The first-order chi connectivity index (χ1) is 9.36. The van der Waals surface area contributed by atoms with Crippen molar-refractivity contribution in [1.29, 1.82) is 0 Å². The van der Waals surface area contributed by atoms with E-state index in [1.54, 1.807) is 32.2 Å². The van der Waals surface area contributed by atoms with Gasteiger partial charge in [0.15, 0.2) is 6.23 Å². The first-order valence-electron chi connectivity index (χ1n) is 6.30. The minimum absolute atomic E-state index is 0.228. The lowest BCUT2D eigenvalue weighted by Crippen LogP contribution is -2.40. The number of hydrogen-bond acceptors (Lipinski definition) is 4. The number of benzene rings is 1. The molecule has 1 aliphatic heterocycles. The minimum atomic E-state index is -3.56. The standard InChI is InChI=1S/C13H18N2O4S/c1-4-19-13-10-7-5-6-8-11(10)14(2)12(16)9-15(13)20(3,17)18/h5-8,13H,4,9H2,1-3H3. The second-order valence-electron chi connectivity index (χ2n) is 4.63. The van der Waals surface area contributed by atoms with E-state index in [0.717, 1.165) is 10.6 Å². The SMILES string of the molecule is CCOC1c2ccccc2N(C)C(=O)CN1S(C)(=O)=O. The van der Waals surface area contributed by atoms with Crippen molar-refractivity contribution in [2.24, 2.45) is 0 Å². The Morgan fingerprint density at radius 2 is 2.00 bits per heavy atom. The van der Waals surface area contributed by atoms with E-state index >= 15 is 0 Å². The van der Waals surface area contributed by atoms with Crippen LogP contribution in [0.3, 0.4) is 0 Å². The molecule has 1 aromatic rings. The lowest BCUT2D eigenvalue weighted by Gasteiger charge is -2.27. The summed E-state index contributed by atoms with van der Waals surface area (Å²) in [6, 6.07) is 7.17. The quantitative estimate of drug-likeness (QED) is 0.833. The van der Waals surface area contributed by atoms with Gasteiger partial charge in [-0.25, -0.2) is 8.42 Å². The van der Waals surface area contributed by atoms with Crippen molar-refractivity contribution in [3.8, 4) is 0 Å². The molecule has 0 spiro atoms. The maximum absolute atomic E-state index is 12.1. The van der Waals surface area contributed by atoms with Gasteiger partial charge in [-0.05, 0) is 13.0 Å². The van der Waals surface area contributed by atoms with Gasteiger partial charge in [-0.3, -0.25) is 4.79 Å². The molecule has 0 N–H and O–H groups in total. The van der Waals surface area contributed by atoms with Crippen molar-refractivity contribution < 1.29 is 17.9 Å². The number of ether oxygens (including phenoxy) is 1. The van der Waals surface area contributed by atoms with E-state index in [1.807, 2.05) is 6.07 Å². The van der Waals surface area contributed by atoms with Crippen LogP contribution in [0.15, 0.2) is 24.3 Å². The van der Waals surface area contributed by atoms with Crippen LogP contribution < -0.4 is 4.90 Å². The lowest BCUT2D eigenvalue weighted by atomic mass is 10.1. The molecule has 1 aromatic carbocycles. The lowest BCUT2D eigenvalue weighted by molar-refractivity contribution is -0.120. The van der Waals surface area contributed by atoms with Gasteiger partial charge in [-0.15, -0.1) is 0 Å². The van der Waals surface area contributed by atoms with E-state index in [2.05, 4.69) is 0 Å². The van der Waals surface area contributed by atoms with E-state index in [0.29, 0.717) is 17.9 Å². The fourth-order valence-electron chi connectivity index (χ4n) is 2.24. The number of amides is 1. The van der Waals surface area contributed by atoms with Crippen molar-refractivity contribution >= 4 is 21.6 Å². The number of carbonyl (C=O) groups is 1. The molecule has 1 unspecified atom stereocenters. The number of carbonyl (C=O) groups excluding carboxylic acids is 1. The highest BCUT2D eigenvalue weighted by atomic mass is 32.2. The molecule has 20 heavy (non-hydrogen) atoms. The normalized spacial score (nSPS) is 20.6. The van der Waals surface area contributed by atoms with E-state index in [-0.39, 0.29) is 12.5 Å². The number of para-hydroxylation sites is 1. The second kappa shape index (κ2) is 5.51. The van der Waals surface area contributed by atoms with Gasteiger partial charge in [0.05, 0.1) is 18.5 Å². The molecule has 0 aliphatic carbocycles. The molecule has 110 valence electrons. The highest BCUT2D eigenvalue weighted by Gasteiger charge is 2.36. The molecule has 1 heterocycles. The molecule has 0 radical (unpaired) electrons. The molecule has 7 heteroatoms. The van der Waals surface area contributed by atoms with Gasteiger partial charge < -0.3 is 9.64 Å². The van der Waals surface area contributed by atoms with E-state index < -0.39 is 16.3 Å². The van der Waals surface area contributed by atoms with Crippen LogP contribution in [0.25, 0.3) is 0 Å². The summed E-state index contributed by atoms with van der Waals surface area (Å²) in [5.41, 5.74) is 1.34. The number of fused-ring (bicyclic) bond motifs is 1. The van der Waals surface area contributed by atoms with Gasteiger partial charge >= 0.3 is 0 Å². The molecule has 6 nitrogen and oxygen atoms in total. The van der Waals surface area contributed by atoms with Gasteiger partial charge in [0.25, 0.3) is 0 Å². The van der Waals surface area contributed by atoms with Crippen LogP contribution >= 0.6 is 0 Å². The molecule has 1 aliphatic rings. The summed E-state index contributed by atoms with van der Waals surface area (Å²) in [6.07, 6.45) is 0.306. The van der Waals surface area contributed by atoms with Crippen LogP contribution in [0.5, 0.6) is 0 Å². The summed E-state index contributed by atoms with van der Waals surface area (Å²) in [6.45, 7) is 1.91. The van der Waals surface area contributed by atoms with Crippen molar-refractivity contribution in [3.63, 3.8) is 0 Å². The van der Waals surface area contributed by atoms with Crippen molar-refractivity contribution in [2.75, 3.05) is 31.4 Å². The number of likely N-dealkylation sites (N-methyl/N-ethyl adjacent to an activating group) is 1. The first kappa shape index (κ1) is 15.0. The highest BCUT2D eigenvalue weighted by molar-refractivity contribution is 7.88. The molecular formula is C13H18N2O4S. The predicted octanol–water partition coefficient (Wildman–Crippen LogP) is 0.960. The molecular weight excluding hydrogens is 280 g/mol. The molecule has 1 atom stereocenters. The van der Waals surface area contributed by atoms with Gasteiger partial charge in [-0.2, -0.15) is 4.31 Å². The largest absolute Gasteiger partial charge is 0.358 e. The highest BCUT2D eigenvalue weighted by Crippen LogP contribution is 2.34. The fraction of sp³-hybridized carbons (Fsp3) is 0.462. The van der Waals surface area contributed by atoms with Crippen molar-refractivity contribution in [1.82, 2.24) is 4.31 Å². The number of sulfonamides is 1. The maximum atomic E-state index is 12.1. The predicted molar refractivity (Wildman–Crippen MR) is 75.8 cm³/mol. The molecule has 1 amide bonds. The smallest absolute Gasteiger partial charge is 0.242 e. The van der Waals surface area contributed by atoms with E-state index in [9.17, 15) is 13.2 Å². The summed E-state index contributed by atoms with van der Waals surface area (Å²) in [5.74, 6) is -0.287. The Morgan fingerprint density at radius 1 is 1.35 bits per heavy atom. The van der Waals surface area contributed by atoms with E-state index in [4.69, 9.17) is 4.74 Å². The van der Waals surface area contributed by atoms with Crippen LogP contribution in [-0.4, -0.2) is 45.1 Å². The van der Waals surface area contributed by atoms with Gasteiger partial charge in [-0.1, -0.05) is 18.2 Å². The number of hydrogen-bond donors (Lipinski definition) is 0. The number of anilines is 1. The summed E-state index contributed by atoms with van der Waals surface area (Å²) in [7, 11) is -1.92. The maximum Gasteiger partial charge on any atom is 0.242 e. The molecule has 0 saturated carbocycles. The third kappa shape index (κ3) is 2.70. The van der Waals surface area contributed by atoms with Crippen molar-refractivity contribution in [3.05, 3.63) is 29.8 Å². The third-order valence-electron chi connectivity index (χ3n) is 3.24. The average molecular weight is 298 g/mol. The van der Waals surface area contributed by atoms with Crippen LogP contribution in [0.1, 0.15) is 18.7 Å². The zero-order chi connectivity index (χ0) is 14.9. The molecule has 0 aromatic heterocycles. The zero-order valence-corrected chi connectivity index (χ0v) is 12.6. The van der Waals surface area contributed by atoms with Gasteiger partial charge in [0, 0.05) is 19.2 Å². The molecule has 0 fully saturated rings. The van der Waals surface area contributed by atoms with E-state index in [1.165, 1.54) is 4.90 Å². The Hall–Kier alpha value is -1.44. The number of nitrogens with zero attached hydrogens (tertiary/aromatic N) is 2. The minimum Gasteiger partial charge on any atom is -0.358 e. The van der Waals surface area contributed by atoms with Crippen LogP contribution in [0, 0.1) is 0 Å². The Balaban J connectivity index is 2.62. The van der Waals surface area contributed by atoms with Crippen LogP contribution in [-0.2, 0) is 19.6 Å². The second-order valence-corrected chi connectivity index (χ2v) is 6.56. The summed E-state index contributed by atoms with van der Waals surface area (Å²) < 4.78 is 30.6. The van der Waals surface area contributed by atoms with Crippen molar-refractivity contribution in [2.45, 2.75) is 13.2 Å². The average Bonchev–Trinajstić information content (AvgIpc) is 2.49. The van der Waals surface area contributed by atoms with Crippen LogP contribution in [0.4, 0.5) is 5.69 Å². The number of rotatable bonds is 3. The fourth-order valence-corrected chi connectivity index (χ4v) is 3.10. The Labute approximate surface area is 119 Å². The summed E-state index contributed by atoms with van der Waals surface area (Å²) >= 11 is 0. The Kier molecular flexibility index (Phi) is 4.12. The molecule has 0 saturated heterocycles. The third-order valence-corrected chi connectivity index (χ3v) is 4.41. The summed E-state index contributed by atoms with van der Waals surface area (Å²) in [5, 5.41) is 0. The zero-order valence-electron chi connectivity index (χ0n) is 11.7. The van der Waals surface area contributed by atoms with Crippen LogP contribution in [0.2, 0.25) is 0 Å². The monoisotopic (exact) mass is 298 g/mol.